The molecule has 0 spiro atoms. The summed E-state index contributed by atoms with van der Waals surface area (Å²) in [5.74, 6) is -1.91. The molecule has 4 aromatic rings. The molecule has 1 aromatic heterocycles. The number of nitrogens with two attached hydrogens (primary N) is 1. The summed E-state index contributed by atoms with van der Waals surface area (Å²) < 4.78 is 23.7. The molecule has 0 aliphatic carbocycles. The van der Waals surface area contributed by atoms with Gasteiger partial charge in [0.25, 0.3) is 0 Å². The first-order chi connectivity index (χ1) is 17.1. The summed E-state index contributed by atoms with van der Waals surface area (Å²) in [5, 5.41) is 9.65. The Balaban J connectivity index is 1.90. The summed E-state index contributed by atoms with van der Waals surface area (Å²) in [6, 6.07) is 23.2. The number of benzene rings is 3. The van der Waals surface area contributed by atoms with Crippen LogP contribution in [0.4, 0.5) is 0 Å². The zero-order chi connectivity index (χ0) is 26.0. The van der Waals surface area contributed by atoms with E-state index in [0.717, 1.165) is 17.6 Å². The van der Waals surface area contributed by atoms with Crippen LogP contribution in [0, 0.1) is 11.3 Å². The highest BCUT2D eigenvalue weighted by molar-refractivity contribution is 7.90. The van der Waals surface area contributed by atoms with Gasteiger partial charge in [-0.2, -0.15) is 5.26 Å². The molecule has 0 fully saturated rings. The van der Waals surface area contributed by atoms with E-state index in [0.29, 0.717) is 37.6 Å². The molecule has 1 heterocycles. The molecular weight excluding hydrogens is 516 g/mol. The standard InChI is InChI=1S/C27H19ClN2O4S2/c1-36(33,34)19-11-9-17(10-12-19)24(27(30)32)23-14-21(18-6-4-5-16(13-18)15-29)26(35-23)25(31)20-7-2-3-8-22(20)28/h2-14,24H,1H3,(H2,30,32). The maximum absolute atomic E-state index is 13.6. The van der Waals surface area contributed by atoms with Crippen molar-refractivity contribution in [3.8, 4) is 17.2 Å². The second-order valence-corrected chi connectivity index (χ2v) is 11.6. The van der Waals surface area contributed by atoms with Crippen LogP contribution in [0.15, 0.2) is 83.8 Å². The molecule has 0 saturated carbocycles. The highest BCUT2D eigenvalue weighted by Crippen LogP contribution is 2.40. The molecule has 0 bridgehead atoms. The number of amides is 1. The van der Waals surface area contributed by atoms with Crippen LogP contribution >= 0.6 is 22.9 Å². The number of hydrogen-bond donors (Lipinski definition) is 1. The Labute approximate surface area is 217 Å². The van der Waals surface area contributed by atoms with Crippen molar-refractivity contribution < 1.29 is 18.0 Å². The number of thiophene rings is 1. The van der Waals surface area contributed by atoms with Crippen LogP contribution in [-0.4, -0.2) is 26.4 Å². The average molecular weight is 535 g/mol. The second-order valence-electron chi connectivity index (χ2n) is 8.07. The Hall–Kier alpha value is -3.77. The molecular formula is C27H19ClN2O4S2. The minimum absolute atomic E-state index is 0.115. The second kappa shape index (κ2) is 10.1. The molecule has 0 aliphatic rings. The van der Waals surface area contributed by atoms with E-state index in [-0.39, 0.29) is 15.7 Å². The van der Waals surface area contributed by atoms with E-state index in [1.165, 1.54) is 24.3 Å². The van der Waals surface area contributed by atoms with Gasteiger partial charge < -0.3 is 5.73 Å². The summed E-state index contributed by atoms with van der Waals surface area (Å²) in [5.41, 5.74) is 8.16. The summed E-state index contributed by atoms with van der Waals surface area (Å²) in [4.78, 5) is 27.1. The smallest absolute Gasteiger partial charge is 0.230 e. The number of carbonyl (C=O) groups is 2. The first-order valence-electron chi connectivity index (χ1n) is 10.6. The van der Waals surface area contributed by atoms with Gasteiger partial charge in [0.15, 0.2) is 9.84 Å². The van der Waals surface area contributed by atoms with Crippen LogP contribution in [0.1, 0.15) is 37.2 Å². The van der Waals surface area contributed by atoms with Crippen molar-refractivity contribution in [1.29, 1.82) is 5.26 Å². The number of nitriles is 1. The van der Waals surface area contributed by atoms with Crippen LogP contribution in [0.5, 0.6) is 0 Å². The molecule has 1 unspecified atom stereocenters. The van der Waals surface area contributed by atoms with E-state index in [1.807, 2.05) is 0 Å². The molecule has 4 rings (SSSR count). The molecule has 2 N–H and O–H groups in total. The molecule has 0 aliphatic heterocycles. The van der Waals surface area contributed by atoms with Gasteiger partial charge in [-0.15, -0.1) is 11.3 Å². The van der Waals surface area contributed by atoms with Gasteiger partial charge >= 0.3 is 0 Å². The third-order valence-electron chi connectivity index (χ3n) is 5.59. The number of nitrogens with zero attached hydrogens (tertiary/aromatic N) is 1. The van der Waals surface area contributed by atoms with Gasteiger partial charge in [-0.05, 0) is 53.6 Å². The normalized spacial score (nSPS) is 12.0. The molecule has 180 valence electrons. The average Bonchev–Trinajstić information content (AvgIpc) is 3.28. The number of hydrogen-bond acceptors (Lipinski definition) is 6. The van der Waals surface area contributed by atoms with E-state index < -0.39 is 21.7 Å². The van der Waals surface area contributed by atoms with Crippen molar-refractivity contribution >= 4 is 44.5 Å². The maximum Gasteiger partial charge on any atom is 0.230 e. The minimum atomic E-state index is -3.42. The van der Waals surface area contributed by atoms with Crippen molar-refractivity contribution in [3.63, 3.8) is 0 Å². The topological polar surface area (TPSA) is 118 Å². The number of carbonyl (C=O) groups excluding carboxylic acids is 2. The van der Waals surface area contributed by atoms with Gasteiger partial charge in [-0.1, -0.05) is 48.0 Å². The van der Waals surface area contributed by atoms with Crippen molar-refractivity contribution in [1.82, 2.24) is 0 Å². The molecule has 1 atom stereocenters. The van der Waals surface area contributed by atoms with Crippen LogP contribution in [0.25, 0.3) is 11.1 Å². The summed E-state index contributed by atoms with van der Waals surface area (Å²) >= 11 is 7.41. The molecule has 1 amide bonds. The molecule has 36 heavy (non-hydrogen) atoms. The quantitative estimate of drug-likeness (QED) is 0.327. The molecule has 3 aromatic carbocycles. The fraction of sp³-hybridized carbons (Fsp3) is 0.0741. The zero-order valence-electron chi connectivity index (χ0n) is 18.9. The van der Waals surface area contributed by atoms with Gasteiger partial charge in [0.05, 0.1) is 32.3 Å². The Kier molecular flexibility index (Phi) is 7.09. The van der Waals surface area contributed by atoms with Crippen LogP contribution in [0.2, 0.25) is 5.02 Å². The fourth-order valence-corrected chi connectivity index (χ4v) is 5.96. The van der Waals surface area contributed by atoms with Crippen LogP contribution in [0.3, 0.4) is 0 Å². The lowest BCUT2D eigenvalue weighted by Crippen LogP contribution is -2.21. The lowest BCUT2D eigenvalue weighted by atomic mass is 9.94. The minimum Gasteiger partial charge on any atom is -0.369 e. The Morgan fingerprint density at radius 3 is 2.31 bits per heavy atom. The van der Waals surface area contributed by atoms with E-state index in [1.54, 1.807) is 54.6 Å². The predicted molar refractivity (Wildman–Crippen MR) is 140 cm³/mol. The van der Waals surface area contributed by atoms with Gasteiger partial charge in [0.2, 0.25) is 11.7 Å². The van der Waals surface area contributed by atoms with E-state index >= 15 is 0 Å². The molecule has 0 radical (unpaired) electrons. The van der Waals surface area contributed by atoms with Crippen LogP contribution < -0.4 is 5.73 Å². The van der Waals surface area contributed by atoms with E-state index in [2.05, 4.69) is 6.07 Å². The third-order valence-corrected chi connectivity index (χ3v) is 8.25. The summed E-state index contributed by atoms with van der Waals surface area (Å²) in [7, 11) is -3.42. The largest absolute Gasteiger partial charge is 0.369 e. The van der Waals surface area contributed by atoms with Crippen molar-refractivity contribution in [2.24, 2.45) is 5.73 Å². The third kappa shape index (κ3) is 5.09. The first-order valence-corrected chi connectivity index (χ1v) is 13.7. The summed E-state index contributed by atoms with van der Waals surface area (Å²) in [6.45, 7) is 0. The van der Waals surface area contributed by atoms with Gasteiger partial charge in [0.1, 0.15) is 0 Å². The highest BCUT2D eigenvalue weighted by atomic mass is 35.5. The highest BCUT2D eigenvalue weighted by Gasteiger charge is 2.28. The van der Waals surface area contributed by atoms with Gasteiger partial charge in [-0.25, -0.2) is 8.42 Å². The van der Waals surface area contributed by atoms with E-state index in [9.17, 15) is 23.3 Å². The number of rotatable bonds is 7. The van der Waals surface area contributed by atoms with E-state index in [4.69, 9.17) is 17.3 Å². The molecule has 6 nitrogen and oxygen atoms in total. The SMILES string of the molecule is CS(=O)(=O)c1ccc(C(C(N)=O)c2cc(-c3cccc(C#N)c3)c(C(=O)c3ccccc3Cl)s2)cc1. The number of primary amides is 1. The molecule has 9 heteroatoms. The Morgan fingerprint density at radius 1 is 1.00 bits per heavy atom. The van der Waals surface area contributed by atoms with Crippen molar-refractivity contribution in [3.05, 3.63) is 110 Å². The van der Waals surface area contributed by atoms with Gasteiger partial charge in [-0.3, -0.25) is 9.59 Å². The summed E-state index contributed by atoms with van der Waals surface area (Å²) in [6.07, 6.45) is 1.10. The lowest BCUT2D eigenvalue weighted by Gasteiger charge is -2.12. The lowest BCUT2D eigenvalue weighted by molar-refractivity contribution is -0.118. The fourth-order valence-electron chi connectivity index (χ4n) is 3.84. The predicted octanol–water partition coefficient (Wildman–Crippen LogP) is 5.19. The van der Waals surface area contributed by atoms with Crippen molar-refractivity contribution in [2.75, 3.05) is 6.26 Å². The maximum atomic E-state index is 13.6. The monoisotopic (exact) mass is 534 g/mol. The number of ketones is 1. The van der Waals surface area contributed by atoms with Crippen molar-refractivity contribution in [2.45, 2.75) is 10.8 Å². The van der Waals surface area contributed by atoms with Gasteiger partial charge in [0, 0.05) is 22.3 Å². The number of sulfone groups is 1. The Bertz CT molecular complexity index is 1630. The zero-order valence-corrected chi connectivity index (χ0v) is 21.3. The number of halogens is 1. The van der Waals surface area contributed by atoms with Crippen LogP contribution in [-0.2, 0) is 14.6 Å². The first kappa shape index (κ1) is 25.3. The molecule has 0 saturated heterocycles. The Morgan fingerprint density at radius 2 is 1.69 bits per heavy atom.